The lowest BCUT2D eigenvalue weighted by Crippen LogP contribution is -2.28. The van der Waals surface area contributed by atoms with Gasteiger partial charge in [-0.15, -0.1) is 0 Å². The Kier molecular flexibility index (Phi) is 9.32. The number of carbonyl (C=O) groups excluding carboxylic acids is 1. The van der Waals surface area contributed by atoms with E-state index in [2.05, 4.69) is 79.4 Å². The summed E-state index contributed by atoms with van der Waals surface area (Å²) in [5.74, 6) is 2.38. The highest BCUT2D eigenvalue weighted by Crippen LogP contribution is 2.56. The molecule has 0 saturated heterocycles. The number of ether oxygens (including phenoxy) is 6. The summed E-state index contributed by atoms with van der Waals surface area (Å²) in [5.41, 5.74) is 6.55. The summed E-state index contributed by atoms with van der Waals surface area (Å²) >= 11 is 0. The molecule has 5 aromatic carbocycles. The predicted octanol–water partition coefficient (Wildman–Crippen LogP) is 8.19. The van der Waals surface area contributed by atoms with Gasteiger partial charge in [-0.25, -0.2) is 4.79 Å². The molecule has 5 aromatic rings. The molecule has 0 bridgehead atoms. The van der Waals surface area contributed by atoms with Crippen molar-refractivity contribution in [2.24, 2.45) is 0 Å². The smallest absolute Gasteiger partial charge is 0.491 e. The largest absolute Gasteiger partial charge is 0.513 e. The van der Waals surface area contributed by atoms with Crippen molar-refractivity contribution >= 4 is 6.16 Å². The van der Waals surface area contributed by atoms with Gasteiger partial charge in [0.15, 0.2) is 0 Å². The van der Waals surface area contributed by atoms with Gasteiger partial charge in [-0.3, -0.25) is 0 Å². The number of rotatable bonds is 13. The van der Waals surface area contributed by atoms with E-state index in [-0.39, 0.29) is 13.2 Å². The van der Waals surface area contributed by atoms with Crippen molar-refractivity contribution in [1.82, 2.24) is 0 Å². The van der Waals surface area contributed by atoms with Gasteiger partial charge in [-0.1, -0.05) is 79.4 Å². The minimum Gasteiger partial charge on any atom is -0.491 e. The molecule has 7 nitrogen and oxygen atoms in total. The molecule has 0 saturated carbocycles. The van der Waals surface area contributed by atoms with Crippen LogP contribution >= 0.6 is 0 Å². The van der Waals surface area contributed by atoms with Gasteiger partial charge >= 0.3 is 6.16 Å². The molecule has 0 unspecified atom stereocenters. The van der Waals surface area contributed by atoms with Crippen LogP contribution in [0.3, 0.4) is 0 Å². The Bertz CT molecular complexity index is 1730. The molecule has 1 aliphatic rings. The van der Waals surface area contributed by atoms with E-state index >= 15 is 0 Å². The molecule has 1 aliphatic carbocycles. The second-order valence-electron chi connectivity index (χ2n) is 10.5. The first-order chi connectivity index (χ1) is 22.6. The molecule has 0 aromatic heterocycles. The lowest BCUT2D eigenvalue weighted by atomic mass is 9.68. The van der Waals surface area contributed by atoms with Gasteiger partial charge in [0.25, 0.3) is 0 Å². The highest BCUT2D eigenvalue weighted by molar-refractivity contribution is 5.86. The SMILES string of the molecule is C=COc1ccc(OC(=O)OCCOc2ccc(C3(c4ccc(OCCOC)cc4)c4ccccc4-c4ccccc43)cc2)cc1. The van der Waals surface area contributed by atoms with Crippen molar-refractivity contribution in [2.75, 3.05) is 33.5 Å². The Labute approximate surface area is 268 Å². The standard InChI is InChI=1S/C39H34O7/c1-3-42-30-20-22-33(23-21-30)46-38(40)45-27-26-44-32-18-14-29(15-19-32)39(28-12-16-31(17-13-28)43-25-24-41-2)36-10-6-4-8-34(36)35-9-5-7-11-37(35)39/h3-23H,1,24-27H2,2H3. The minimum atomic E-state index is -0.813. The zero-order valence-corrected chi connectivity index (χ0v) is 25.5. The molecule has 7 heteroatoms. The molecule has 0 N–H and O–H groups in total. The first-order valence-corrected chi connectivity index (χ1v) is 15.0. The summed E-state index contributed by atoms with van der Waals surface area (Å²) in [6, 6.07) is 40.1. The van der Waals surface area contributed by atoms with Crippen molar-refractivity contribution < 1.29 is 33.2 Å². The van der Waals surface area contributed by atoms with Crippen LogP contribution in [0.5, 0.6) is 23.0 Å². The van der Waals surface area contributed by atoms with Gasteiger partial charge in [-0.2, -0.15) is 0 Å². The average Bonchev–Trinajstić information content (AvgIpc) is 3.40. The van der Waals surface area contributed by atoms with Crippen LogP contribution in [0, 0.1) is 0 Å². The normalized spacial score (nSPS) is 12.4. The first kappa shape index (κ1) is 30.5. The van der Waals surface area contributed by atoms with E-state index in [0.29, 0.717) is 30.5 Å². The number of methoxy groups -OCH3 is 1. The predicted molar refractivity (Wildman–Crippen MR) is 176 cm³/mol. The van der Waals surface area contributed by atoms with Crippen LogP contribution in [0.15, 0.2) is 134 Å². The molecule has 0 atom stereocenters. The van der Waals surface area contributed by atoms with Crippen LogP contribution in [0.1, 0.15) is 22.3 Å². The Morgan fingerprint density at radius 3 is 1.61 bits per heavy atom. The molecule has 0 radical (unpaired) electrons. The van der Waals surface area contributed by atoms with E-state index < -0.39 is 11.6 Å². The van der Waals surface area contributed by atoms with Gasteiger partial charge in [0.1, 0.15) is 42.8 Å². The molecule has 0 aliphatic heterocycles. The van der Waals surface area contributed by atoms with Gasteiger partial charge in [0.2, 0.25) is 0 Å². The third kappa shape index (κ3) is 6.18. The van der Waals surface area contributed by atoms with Crippen LogP contribution in [0.4, 0.5) is 4.79 Å². The monoisotopic (exact) mass is 614 g/mol. The first-order valence-electron chi connectivity index (χ1n) is 15.0. The second kappa shape index (κ2) is 14.1. The third-order valence-electron chi connectivity index (χ3n) is 7.90. The van der Waals surface area contributed by atoms with Crippen molar-refractivity contribution in [3.05, 3.63) is 156 Å². The van der Waals surface area contributed by atoms with E-state index in [4.69, 9.17) is 28.4 Å². The fourth-order valence-electron chi connectivity index (χ4n) is 5.96. The fraction of sp³-hybridized carbons (Fsp3) is 0.154. The van der Waals surface area contributed by atoms with Gasteiger partial charge in [-0.05, 0) is 81.9 Å². The Morgan fingerprint density at radius 2 is 1.09 bits per heavy atom. The number of fused-ring (bicyclic) bond motifs is 3. The molecular weight excluding hydrogens is 580 g/mol. The maximum atomic E-state index is 12.1. The molecule has 0 heterocycles. The summed E-state index contributed by atoms with van der Waals surface area (Å²) in [7, 11) is 1.66. The Morgan fingerprint density at radius 1 is 0.609 bits per heavy atom. The Hall–Kier alpha value is -5.53. The highest BCUT2D eigenvalue weighted by Gasteiger charge is 2.45. The van der Waals surface area contributed by atoms with Crippen LogP contribution in [0.25, 0.3) is 11.1 Å². The fourth-order valence-corrected chi connectivity index (χ4v) is 5.96. The van der Waals surface area contributed by atoms with Crippen LogP contribution in [-0.2, 0) is 14.9 Å². The van der Waals surface area contributed by atoms with E-state index in [1.807, 2.05) is 24.3 Å². The van der Waals surface area contributed by atoms with E-state index in [9.17, 15) is 4.79 Å². The highest BCUT2D eigenvalue weighted by atomic mass is 16.7. The van der Waals surface area contributed by atoms with Gasteiger partial charge in [0.05, 0.1) is 18.3 Å². The number of hydrogen-bond acceptors (Lipinski definition) is 7. The van der Waals surface area contributed by atoms with E-state index in [1.165, 1.54) is 28.5 Å². The second-order valence-corrected chi connectivity index (χ2v) is 10.5. The van der Waals surface area contributed by atoms with Gasteiger partial charge in [0, 0.05) is 7.11 Å². The molecule has 232 valence electrons. The van der Waals surface area contributed by atoms with E-state index in [0.717, 1.165) is 16.9 Å². The summed E-state index contributed by atoms with van der Waals surface area (Å²) in [5, 5.41) is 0. The van der Waals surface area contributed by atoms with E-state index in [1.54, 1.807) is 31.4 Å². The van der Waals surface area contributed by atoms with Gasteiger partial charge < -0.3 is 28.4 Å². The van der Waals surface area contributed by atoms with Crippen LogP contribution in [-0.4, -0.2) is 39.7 Å². The summed E-state index contributed by atoms with van der Waals surface area (Å²) in [6.45, 7) is 4.72. The number of benzene rings is 5. The third-order valence-corrected chi connectivity index (χ3v) is 7.90. The lowest BCUT2D eigenvalue weighted by Gasteiger charge is -2.34. The molecular formula is C39H34O7. The summed E-state index contributed by atoms with van der Waals surface area (Å²) < 4.78 is 32.5. The molecule has 0 fully saturated rings. The minimum absolute atomic E-state index is 0.0295. The van der Waals surface area contributed by atoms with Crippen molar-refractivity contribution in [3.63, 3.8) is 0 Å². The lowest BCUT2D eigenvalue weighted by molar-refractivity contribution is 0.0847. The summed E-state index contributed by atoms with van der Waals surface area (Å²) in [4.78, 5) is 12.1. The average molecular weight is 615 g/mol. The maximum Gasteiger partial charge on any atom is 0.513 e. The van der Waals surface area contributed by atoms with Crippen molar-refractivity contribution in [3.8, 4) is 34.1 Å². The topological polar surface area (TPSA) is 72.5 Å². The van der Waals surface area contributed by atoms with Crippen LogP contribution in [0.2, 0.25) is 0 Å². The maximum absolute atomic E-state index is 12.1. The Balaban J connectivity index is 1.19. The number of carbonyl (C=O) groups is 1. The van der Waals surface area contributed by atoms with Crippen molar-refractivity contribution in [2.45, 2.75) is 5.41 Å². The molecule has 0 spiro atoms. The summed E-state index contributed by atoms with van der Waals surface area (Å²) in [6.07, 6.45) is 0.509. The zero-order valence-electron chi connectivity index (χ0n) is 25.5. The quantitative estimate of drug-likeness (QED) is 0.0562. The number of hydrogen-bond donors (Lipinski definition) is 0. The molecule has 0 amide bonds. The molecule has 46 heavy (non-hydrogen) atoms. The zero-order chi connectivity index (χ0) is 31.8. The molecule has 6 rings (SSSR count). The van der Waals surface area contributed by atoms with Crippen LogP contribution < -0.4 is 18.9 Å². The van der Waals surface area contributed by atoms with Crippen molar-refractivity contribution in [1.29, 1.82) is 0 Å².